The van der Waals surface area contributed by atoms with E-state index in [4.69, 9.17) is 0 Å². The van der Waals surface area contributed by atoms with Crippen molar-refractivity contribution in [2.75, 3.05) is 5.32 Å². The molecule has 1 heterocycles. The molecule has 2 rings (SSSR count). The summed E-state index contributed by atoms with van der Waals surface area (Å²) in [5.74, 6) is -0.0464. The van der Waals surface area contributed by atoms with Crippen molar-refractivity contribution in [1.29, 1.82) is 0 Å². The van der Waals surface area contributed by atoms with Gasteiger partial charge in [-0.3, -0.25) is 9.89 Å². The molecule has 0 saturated carbocycles. The minimum absolute atomic E-state index is 0.0464. The molecule has 0 aliphatic rings. The lowest BCUT2D eigenvalue weighted by molar-refractivity contribution is -0.115. The van der Waals surface area contributed by atoms with E-state index in [9.17, 15) is 4.79 Å². The second kappa shape index (κ2) is 4.61. The van der Waals surface area contributed by atoms with Crippen LogP contribution in [0.4, 0.5) is 5.69 Å². The van der Waals surface area contributed by atoms with Gasteiger partial charge in [0, 0.05) is 17.6 Å². The van der Waals surface area contributed by atoms with Crippen LogP contribution < -0.4 is 5.32 Å². The van der Waals surface area contributed by atoms with Crippen LogP contribution in [0.1, 0.15) is 11.3 Å². The largest absolute Gasteiger partial charge is 0.326 e. The summed E-state index contributed by atoms with van der Waals surface area (Å²) in [7, 11) is 0. The number of carbonyl (C=O) groups excluding carboxylic acids is 1. The molecule has 0 spiro atoms. The minimum atomic E-state index is -0.0464. The van der Waals surface area contributed by atoms with Gasteiger partial charge < -0.3 is 5.32 Å². The predicted octanol–water partition coefficient (Wildman–Crippen LogP) is 1.90. The number of hydrogen-bond donors (Lipinski definition) is 2. The molecular formula is C12H13N3O. The Kier molecular flexibility index (Phi) is 3.00. The van der Waals surface area contributed by atoms with Crippen molar-refractivity contribution >= 4 is 11.6 Å². The van der Waals surface area contributed by atoms with E-state index in [1.165, 1.54) is 0 Å². The number of aromatic nitrogens is 2. The highest BCUT2D eigenvalue weighted by molar-refractivity contribution is 5.92. The number of aryl methyl sites for hydroxylation is 1. The van der Waals surface area contributed by atoms with Crippen LogP contribution in [0, 0.1) is 6.92 Å². The van der Waals surface area contributed by atoms with Gasteiger partial charge >= 0.3 is 0 Å². The van der Waals surface area contributed by atoms with E-state index >= 15 is 0 Å². The van der Waals surface area contributed by atoms with Gasteiger partial charge in [0.05, 0.1) is 6.42 Å². The Morgan fingerprint density at radius 1 is 1.44 bits per heavy atom. The Bertz CT molecular complexity index is 477. The van der Waals surface area contributed by atoms with E-state index < -0.39 is 0 Å². The molecule has 4 heteroatoms. The fourth-order valence-electron chi connectivity index (χ4n) is 1.48. The van der Waals surface area contributed by atoms with Crippen LogP contribution in [-0.4, -0.2) is 16.1 Å². The predicted molar refractivity (Wildman–Crippen MR) is 62.1 cm³/mol. The van der Waals surface area contributed by atoms with E-state index in [1.54, 1.807) is 12.3 Å². The first-order valence-electron chi connectivity index (χ1n) is 5.09. The molecule has 2 aromatic rings. The van der Waals surface area contributed by atoms with Crippen molar-refractivity contribution < 1.29 is 4.79 Å². The molecule has 1 aromatic heterocycles. The van der Waals surface area contributed by atoms with Gasteiger partial charge in [-0.25, -0.2) is 0 Å². The Hall–Kier alpha value is -2.10. The standard InChI is InChI=1S/C12H13N3O/c1-9-3-2-4-10(7-9)14-12(16)8-11-5-6-13-15-11/h2-7H,8H2,1H3,(H,13,15)(H,14,16). The van der Waals surface area contributed by atoms with E-state index in [0.29, 0.717) is 6.42 Å². The number of anilines is 1. The zero-order valence-corrected chi connectivity index (χ0v) is 9.03. The highest BCUT2D eigenvalue weighted by atomic mass is 16.1. The van der Waals surface area contributed by atoms with Gasteiger partial charge in [0.15, 0.2) is 0 Å². The van der Waals surface area contributed by atoms with Crippen molar-refractivity contribution in [3.05, 3.63) is 47.8 Å². The first-order valence-corrected chi connectivity index (χ1v) is 5.09. The van der Waals surface area contributed by atoms with Crippen LogP contribution >= 0.6 is 0 Å². The first kappa shape index (κ1) is 10.4. The zero-order chi connectivity index (χ0) is 11.4. The lowest BCUT2D eigenvalue weighted by atomic mass is 10.2. The molecule has 0 aliphatic carbocycles. The lowest BCUT2D eigenvalue weighted by Crippen LogP contribution is -2.14. The van der Waals surface area contributed by atoms with Crippen LogP contribution in [0.5, 0.6) is 0 Å². The number of benzene rings is 1. The summed E-state index contributed by atoms with van der Waals surface area (Å²) in [6, 6.07) is 9.50. The average molecular weight is 215 g/mol. The summed E-state index contributed by atoms with van der Waals surface area (Å²) in [6.07, 6.45) is 1.95. The van der Waals surface area contributed by atoms with Gasteiger partial charge in [-0.1, -0.05) is 12.1 Å². The van der Waals surface area contributed by atoms with Crippen molar-refractivity contribution in [2.24, 2.45) is 0 Å². The number of amides is 1. The van der Waals surface area contributed by atoms with Crippen LogP contribution in [0.15, 0.2) is 36.5 Å². The van der Waals surface area contributed by atoms with Crippen LogP contribution in [-0.2, 0) is 11.2 Å². The number of rotatable bonds is 3. The normalized spacial score (nSPS) is 10.1. The molecule has 0 radical (unpaired) electrons. The highest BCUT2D eigenvalue weighted by Gasteiger charge is 2.04. The summed E-state index contributed by atoms with van der Waals surface area (Å²) >= 11 is 0. The molecule has 0 bridgehead atoms. The number of nitrogens with one attached hydrogen (secondary N) is 2. The highest BCUT2D eigenvalue weighted by Crippen LogP contribution is 2.09. The topological polar surface area (TPSA) is 57.8 Å². The van der Waals surface area contributed by atoms with E-state index in [0.717, 1.165) is 16.9 Å². The number of carbonyl (C=O) groups is 1. The monoisotopic (exact) mass is 215 g/mol. The van der Waals surface area contributed by atoms with Crippen molar-refractivity contribution in [3.63, 3.8) is 0 Å². The molecule has 0 saturated heterocycles. The molecule has 0 aliphatic heterocycles. The maximum atomic E-state index is 11.6. The SMILES string of the molecule is Cc1cccc(NC(=O)Cc2ccn[nH]2)c1. The Morgan fingerprint density at radius 3 is 3.00 bits per heavy atom. The maximum absolute atomic E-state index is 11.6. The van der Waals surface area contributed by atoms with Crippen molar-refractivity contribution in [2.45, 2.75) is 13.3 Å². The molecule has 4 nitrogen and oxygen atoms in total. The molecule has 1 aromatic carbocycles. The molecule has 0 atom stereocenters. The lowest BCUT2D eigenvalue weighted by Gasteiger charge is -2.04. The van der Waals surface area contributed by atoms with Crippen molar-refractivity contribution in [3.8, 4) is 0 Å². The van der Waals surface area contributed by atoms with Gasteiger partial charge in [0.1, 0.15) is 0 Å². The summed E-state index contributed by atoms with van der Waals surface area (Å²) in [4.78, 5) is 11.6. The van der Waals surface area contributed by atoms with E-state index in [2.05, 4.69) is 15.5 Å². The fourth-order valence-corrected chi connectivity index (χ4v) is 1.48. The molecule has 0 fully saturated rings. The zero-order valence-electron chi connectivity index (χ0n) is 9.03. The number of nitrogens with zero attached hydrogens (tertiary/aromatic N) is 1. The van der Waals surface area contributed by atoms with Gasteiger partial charge in [0.2, 0.25) is 5.91 Å². The summed E-state index contributed by atoms with van der Waals surface area (Å²) in [5, 5.41) is 9.38. The molecule has 16 heavy (non-hydrogen) atoms. The second-order valence-electron chi connectivity index (χ2n) is 3.68. The third-order valence-corrected chi connectivity index (χ3v) is 2.21. The number of aromatic amines is 1. The molecule has 82 valence electrons. The quantitative estimate of drug-likeness (QED) is 0.821. The Morgan fingerprint density at radius 2 is 2.31 bits per heavy atom. The smallest absolute Gasteiger partial charge is 0.230 e. The molecule has 0 unspecified atom stereocenters. The van der Waals surface area contributed by atoms with E-state index in [-0.39, 0.29) is 5.91 Å². The summed E-state index contributed by atoms with van der Waals surface area (Å²) < 4.78 is 0. The van der Waals surface area contributed by atoms with E-state index in [1.807, 2.05) is 31.2 Å². The van der Waals surface area contributed by atoms with Crippen LogP contribution in [0.25, 0.3) is 0 Å². The average Bonchev–Trinajstić information content (AvgIpc) is 2.70. The summed E-state index contributed by atoms with van der Waals surface area (Å²) in [5.41, 5.74) is 2.76. The third kappa shape index (κ3) is 2.70. The van der Waals surface area contributed by atoms with Crippen molar-refractivity contribution in [1.82, 2.24) is 10.2 Å². The maximum Gasteiger partial charge on any atom is 0.230 e. The fraction of sp³-hybridized carbons (Fsp3) is 0.167. The number of hydrogen-bond acceptors (Lipinski definition) is 2. The molecule has 1 amide bonds. The Labute approximate surface area is 93.7 Å². The third-order valence-electron chi connectivity index (χ3n) is 2.21. The first-order chi connectivity index (χ1) is 7.74. The minimum Gasteiger partial charge on any atom is -0.326 e. The van der Waals surface area contributed by atoms with Gasteiger partial charge in [-0.05, 0) is 30.7 Å². The molecule has 2 N–H and O–H groups in total. The van der Waals surface area contributed by atoms with Gasteiger partial charge in [-0.2, -0.15) is 5.10 Å². The van der Waals surface area contributed by atoms with Crippen LogP contribution in [0.3, 0.4) is 0 Å². The Balaban J connectivity index is 1.97. The summed E-state index contributed by atoms with van der Waals surface area (Å²) in [6.45, 7) is 1.99. The van der Waals surface area contributed by atoms with Gasteiger partial charge in [0.25, 0.3) is 0 Å². The number of H-pyrrole nitrogens is 1. The second-order valence-corrected chi connectivity index (χ2v) is 3.68. The van der Waals surface area contributed by atoms with Gasteiger partial charge in [-0.15, -0.1) is 0 Å². The molecular weight excluding hydrogens is 202 g/mol. The van der Waals surface area contributed by atoms with Crippen LogP contribution in [0.2, 0.25) is 0 Å².